The minimum absolute atomic E-state index is 0.223. The molecule has 1 unspecified atom stereocenters. The van der Waals surface area contributed by atoms with Crippen LogP contribution in [0.4, 0.5) is 5.82 Å². The van der Waals surface area contributed by atoms with E-state index in [1.807, 2.05) is 13.8 Å². The van der Waals surface area contributed by atoms with Gasteiger partial charge in [0.25, 0.3) is 0 Å². The van der Waals surface area contributed by atoms with Gasteiger partial charge in [0.1, 0.15) is 12.1 Å². The second-order valence-electron chi connectivity index (χ2n) is 5.84. The summed E-state index contributed by atoms with van der Waals surface area (Å²) < 4.78 is 23.3. The number of hydrogen-bond donors (Lipinski definition) is 2. The van der Waals surface area contributed by atoms with Gasteiger partial charge in [-0.1, -0.05) is 13.8 Å². The van der Waals surface area contributed by atoms with E-state index in [0.29, 0.717) is 35.6 Å². The lowest BCUT2D eigenvalue weighted by Crippen LogP contribution is -2.21. The van der Waals surface area contributed by atoms with Gasteiger partial charge in [-0.05, 0) is 30.5 Å². The molecular weight excluding hydrogens is 302 g/mol. The predicted octanol–water partition coefficient (Wildman–Crippen LogP) is 1.85. The van der Waals surface area contributed by atoms with Crippen LogP contribution in [0.25, 0.3) is 10.9 Å². The van der Waals surface area contributed by atoms with Gasteiger partial charge >= 0.3 is 0 Å². The van der Waals surface area contributed by atoms with Crippen molar-refractivity contribution in [1.82, 2.24) is 9.97 Å². The second-order valence-corrected chi connectivity index (χ2v) is 7.85. The third kappa shape index (κ3) is 4.14. The Hall–Kier alpha value is -1.73. The summed E-state index contributed by atoms with van der Waals surface area (Å²) in [6.07, 6.45) is 2.78. The van der Waals surface area contributed by atoms with Crippen LogP contribution in [0.2, 0.25) is 0 Å². The molecule has 0 bridgehead atoms. The first-order chi connectivity index (χ1) is 10.3. The van der Waals surface area contributed by atoms with Gasteiger partial charge in [0.2, 0.25) is 0 Å². The molecule has 0 saturated heterocycles. The van der Waals surface area contributed by atoms with Gasteiger partial charge in [0, 0.05) is 18.2 Å². The van der Waals surface area contributed by atoms with Gasteiger partial charge in [-0.2, -0.15) is 0 Å². The molecule has 0 amide bonds. The first-order valence-corrected chi connectivity index (χ1v) is 9.03. The van der Waals surface area contributed by atoms with Crippen molar-refractivity contribution in [2.24, 2.45) is 5.92 Å². The zero-order valence-electron chi connectivity index (χ0n) is 12.9. The quantitative estimate of drug-likeness (QED) is 0.843. The molecule has 2 N–H and O–H groups in total. The number of aliphatic hydroxyl groups excluding tert-OH is 1. The van der Waals surface area contributed by atoms with Crippen molar-refractivity contribution < 1.29 is 13.5 Å². The van der Waals surface area contributed by atoms with Gasteiger partial charge in [-0.3, -0.25) is 0 Å². The first-order valence-electron chi connectivity index (χ1n) is 7.14. The zero-order chi connectivity index (χ0) is 16.3. The fraction of sp³-hybridized carbons (Fsp3) is 0.467. The van der Waals surface area contributed by atoms with E-state index in [-0.39, 0.29) is 4.90 Å². The molecule has 22 heavy (non-hydrogen) atoms. The van der Waals surface area contributed by atoms with E-state index in [4.69, 9.17) is 0 Å². The number of sulfone groups is 1. The highest BCUT2D eigenvalue weighted by molar-refractivity contribution is 7.90. The van der Waals surface area contributed by atoms with E-state index >= 15 is 0 Å². The Morgan fingerprint density at radius 3 is 2.64 bits per heavy atom. The van der Waals surface area contributed by atoms with E-state index in [1.54, 1.807) is 12.1 Å². The number of aliphatic hydroxyl groups is 1. The molecule has 0 aliphatic rings. The van der Waals surface area contributed by atoms with E-state index in [9.17, 15) is 13.5 Å². The van der Waals surface area contributed by atoms with Gasteiger partial charge in [-0.25, -0.2) is 18.4 Å². The van der Waals surface area contributed by atoms with Crippen molar-refractivity contribution in [2.45, 2.75) is 31.3 Å². The van der Waals surface area contributed by atoms with Crippen LogP contribution in [0.15, 0.2) is 29.4 Å². The minimum atomic E-state index is -3.29. The molecule has 6 nitrogen and oxygen atoms in total. The lowest BCUT2D eigenvalue weighted by atomic mass is 10.1. The Labute approximate surface area is 130 Å². The molecule has 1 heterocycles. The smallest absolute Gasteiger partial charge is 0.175 e. The van der Waals surface area contributed by atoms with Gasteiger partial charge in [-0.15, -0.1) is 0 Å². The van der Waals surface area contributed by atoms with Crippen molar-refractivity contribution in [3.8, 4) is 0 Å². The zero-order valence-corrected chi connectivity index (χ0v) is 13.8. The Kier molecular flexibility index (Phi) is 4.97. The number of anilines is 1. The summed E-state index contributed by atoms with van der Waals surface area (Å²) in [7, 11) is -3.29. The Bertz CT molecular complexity index is 760. The highest BCUT2D eigenvalue weighted by atomic mass is 32.2. The largest absolute Gasteiger partial charge is 0.391 e. The predicted molar refractivity (Wildman–Crippen MR) is 86.6 cm³/mol. The summed E-state index contributed by atoms with van der Waals surface area (Å²) in [4.78, 5) is 8.51. The molecule has 1 aromatic heterocycles. The molecule has 0 spiro atoms. The molecule has 0 aliphatic carbocycles. The number of fused-ring (bicyclic) bond motifs is 1. The first kappa shape index (κ1) is 16.6. The average molecular weight is 323 g/mol. The van der Waals surface area contributed by atoms with Crippen molar-refractivity contribution in [1.29, 1.82) is 0 Å². The van der Waals surface area contributed by atoms with Gasteiger partial charge < -0.3 is 10.4 Å². The van der Waals surface area contributed by atoms with Crippen molar-refractivity contribution in [2.75, 3.05) is 18.1 Å². The molecule has 7 heteroatoms. The molecule has 1 atom stereocenters. The van der Waals surface area contributed by atoms with Gasteiger partial charge in [0.05, 0.1) is 16.5 Å². The van der Waals surface area contributed by atoms with Crippen LogP contribution in [0, 0.1) is 5.92 Å². The number of aromatic nitrogens is 2. The highest BCUT2D eigenvalue weighted by Gasteiger charge is 2.12. The normalized spacial score (nSPS) is 13.5. The Balaban J connectivity index is 2.29. The number of rotatable bonds is 6. The van der Waals surface area contributed by atoms with E-state index in [1.165, 1.54) is 12.4 Å². The maximum Gasteiger partial charge on any atom is 0.175 e. The van der Waals surface area contributed by atoms with E-state index < -0.39 is 15.9 Å². The molecule has 1 aromatic carbocycles. The Morgan fingerprint density at radius 1 is 1.27 bits per heavy atom. The van der Waals surface area contributed by atoms with Crippen LogP contribution >= 0.6 is 0 Å². The SMILES string of the molecule is CC(C)CC(O)CNc1ncnc2ccc(S(C)(=O)=O)cc12. The lowest BCUT2D eigenvalue weighted by molar-refractivity contribution is 0.161. The molecule has 0 aliphatic heterocycles. The molecule has 0 saturated carbocycles. The van der Waals surface area contributed by atoms with E-state index in [0.717, 1.165) is 6.26 Å². The summed E-state index contributed by atoms with van der Waals surface area (Å²) in [5.74, 6) is 0.925. The summed E-state index contributed by atoms with van der Waals surface area (Å²) in [5.41, 5.74) is 0.656. The summed E-state index contributed by atoms with van der Waals surface area (Å²) in [6.45, 7) is 4.44. The van der Waals surface area contributed by atoms with Crippen LogP contribution in [-0.4, -0.2) is 42.4 Å². The maximum absolute atomic E-state index is 11.7. The summed E-state index contributed by atoms with van der Waals surface area (Å²) in [5, 5.41) is 13.6. The topological polar surface area (TPSA) is 92.2 Å². The fourth-order valence-electron chi connectivity index (χ4n) is 2.25. The van der Waals surface area contributed by atoms with Crippen LogP contribution < -0.4 is 5.32 Å². The van der Waals surface area contributed by atoms with Crippen molar-refractivity contribution >= 4 is 26.6 Å². The van der Waals surface area contributed by atoms with Gasteiger partial charge in [0.15, 0.2) is 9.84 Å². The summed E-state index contributed by atoms with van der Waals surface area (Å²) >= 11 is 0. The third-order valence-corrected chi connectivity index (χ3v) is 4.39. The lowest BCUT2D eigenvalue weighted by Gasteiger charge is -2.15. The molecule has 0 radical (unpaired) electrons. The number of benzene rings is 1. The summed E-state index contributed by atoms with van der Waals surface area (Å²) in [6, 6.07) is 4.74. The third-order valence-electron chi connectivity index (χ3n) is 3.28. The highest BCUT2D eigenvalue weighted by Crippen LogP contribution is 2.23. The monoisotopic (exact) mass is 323 g/mol. The second kappa shape index (κ2) is 6.58. The van der Waals surface area contributed by atoms with E-state index in [2.05, 4.69) is 15.3 Å². The molecule has 0 fully saturated rings. The van der Waals surface area contributed by atoms with Crippen LogP contribution in [0.3, 0.4) is 0 Å². The fourth-order valence-corrected chi connectivity index (χ4v) is 2.90. The van der Waals surface area contributed by atoms with Crippen molar-refractivity contribution in [3.05, 3.63) is 24.5 Å². The standard InChI is InChI=1S/C15H21N3O3S/c1-10(2)6-11(19)8-16-15-13-7-12(22(3,20)21)4-5-14(13)17-9-18-15/h4-5,7,9-11,19H,6,8H2,1-3H3,(H,16,17,18). The minimum Gasteiger partial charge on any atom is -0.391 e. The number of nitrogens with one attached hydrogen (secondary N) is 1. The maximum atomic E-state index is 11.7. The molecule has 2 aromatic rings. The van der Waals surface area contributed by atoms with Crippen LogP contribution in [0.5, 0.6) is 0 Å². The Morgan fingerprint density at radius 2 is 2.00 bits per heavy atom. The molecular formula is C15H21N3O3S. The van der Waals surface area contributed by atoms with Crippen LogP contribution in [0.1, 0.15) is 20.3 Å². The van der Waals surface area contributed by atoms with Crippen LogP contribution in [-0.2, 0) is 9.84 Å². The molecule has 120 valence electrons. The number of nitrogens with zero attached hydrogens (tertiary/aromatic N) is 2. The number of hydrogen-bond acceptors (Lipinski definition) is 6. The van der Waals surface area contributed by atoms with Crippen molar-refractivity contribution in [3.63, 3.8) is 0 Å². The average Bonchev–Trinajstić information content (AvgIpc) is 2.42. The molecule has 2 rings (SSSR count).